The lowest BCUT2D eigenvalue weighted by Crippen LogP contribution is -2.34. The number of rotatable bonds is 5. The Morgan fingerprint density at radius 2 is 1.53 bits per heavy atom. The van der Waals surface area contributed by atoms with E-state index in [9.17, 15) is 9.59 Å². The van der Waals surface area contributed by atoms with E-state index in [1.54, 1.807) is 13.8 Å². The Hall–Kier alpha value is -1.06. The number of esters is 2. The Morgan fingerprint density at radius 1 is 1.13 bits per heavy atom. The second-order valence-corrected chi connectivity index (χ2v) is 4.09. The Labute approximate surface area is 89.9 Å². The van der Waals surface area contributed by atoms with E-state index in [-0.39, 0.29) is 5.41 Å². The summed E-state index contributed by atoms with van der Waals surface area (Å²) in [5.41, 5.74) is -0.238. The maximum absolute atomic E-state index is 11.6. The number of carbonyl (C=O) groups excluding carboxylic acids is 2. The summed E-state index contributed by atoms with van der Waals surface area (Å²) in [5.74, 6) is -1.63. The molecule has 0 amide bonds. The van der Waals surface area contributed by atoms with Crippen LogP contribution in [0.15, 0.2) is 0 Å². The van der Waals surface area contributed by atoms with E-state index in [2.05, 4.69) is 0 Å². The maximum atomic E-state index is 11.6. The van der Waals surface area contributed by atoms with Gasteiger partial charge in [0.2, 0.25) is 0 Å². The Bertz CT molecular complexity index is 237. The zero-order valence-electron chi connectivity index (χ0n) is 9.54. The first-order valence-corrected chi connectivity index (χ1v) is 5.38. The van der Waals surface area contributed by atoms with E-state index in [1.165, 1.54) is 0 Å². The van der Waals surface area contributed by atoms with Crippen molar-refractivity contribution in [2.24, 2.45) is 11.3 Å². The molecule has 1 rings (SSSR count). The minimum absolute atomic E-state index is 0.238. The van der Waals surface area contributed by atoms with Crippen LogP contribution in [-0.2, 0) is 19.1 Å². The standard InChI is InChI=1S/C11H18O4/c1-4-14-9(12)8(10(13)15-5-2)11(3)6-7-11/h8H,4-7H2,1-3H3. The summed E-state index contributed by atoms with van der Waals surface area (Å²) >= 11 is 0. The molecule has 0 N–H and O–H groups in total. The molecule has 1 saturated carbocycles. The number of ether oxygens (including phenoxy) is 2. The van der Waals surface area contributed by atoms with Gasteiger partial charge in [-0.2, -0.15) is 0 Å². The highest BCUT2D eigenvalue weighted by Gasteiger charge is 2.53. The molecular formula is C11H18O4. The molecule has 1 aliphatic rings. The predicted octanol–water partition coefficient (Wildman–Crippen LogP) is 1.53. The molecule has 4 heteroatoms. The molecule has 0 radical (unpaired) electrons. The summed E-state index contributed by atoms with van der Waals surface area (Å²) in [5, 5.41) is 0. The summed E-state index contributed by atoms with van der Waals surface area (Å²) in [7, 11) is 0. The minimum Gasteiger partial charge on any atom is -0.465 e. The molecule has 1 aliphatic carbocycles. The number of carbonyl (C=O) groups is 2. The molecule has 0 aliphatic heterocycles. The van der Waals surface area contributed by atoms with E-state index in [4.69, 9.17) is 9.47 Å². The molecule has 0 spiro atoms. The third kappa shape index (κ3) is 2.70. The summed E-state index contributed by atoms with van der Waals surface area (Å²) in [4.78, 5) is 23.2. The average Bonchev–Trinajstić information content (AvgIpc) is 2.85. The van der Waals surface area contributed by atoms with Gasteiger partial charge in [-0.15, -0.1) is 0 Å². The van der Waals surface area contributed by atoms with Gasteiger partial charge in [0.05, 0.1) is 13.2 Å². The van der Waals surface area contributed by atoms with Gasteiger partial charge >= 0.3 is 11.9 Å². The van der Waals surface area contributed by atoms with Gasteiger partial charge in [-0.1, -0.05) is 6.92 Å². The highest BCUT2D eigenvalue weighted by molar-refractivity contribution is 5.96. The van der Waals surface area contributed by atoms with Crippen LogP contribution in [0.2, 0.25) is 0 Å². The van der Waals surface area contributed by atoms with Crippen LogP contribution >= 0.6 is 0 Å². The van der Waals surface area contributed by atoms with Crippen LogP contribution in [0.1, 0.15) is 33.6 Å². The topological polar surface area (TPSA) is 52.6 Å². The van der Waals surface area contributed by atoms with Crippen molar-refractivity contribution in [3.05, 3.63) is 0 Å². The molecule has 86 valence electrons. The Kier molecular flexibility index (Phi) is 3.72. The minimum atomic E-state index is -0.739. The van der Waals surface area contributed by atoms with Crippen LogP contribution in [0.3, 0.4) is 0 Å². The first kappa shape index (κ1) is 12.0. The fourth-order valence-corrected chi connectivity index (χ4v) is 1.60. The van der Waals surface area contributed by atoms with Gasteiger partial charge in [0.25, 0.3) is 0 Å². The van der Waals surface area contributed by atoms with Gasteiger partial charge in [0, 0.05) is 0 Å². The molecule has 0 aromatic carbocycles. The monoisotopic (exact) mass is 214 g/mol. The molecule has 0 unspecified atom stereocenters. The molecule has 0 saturated heterocycles. The van der Waals surface area contributed by atoms with Crippen molar-refractivity contribution < 1.29 is 19.1 Å². The molecule has 0 atom stereocenters. The van der Waals surface area contributed by atoms with Crippen molar-refractivity contribution in [1.82, 2.24) is 0 Å². The van der Waals surface area contributed by atoms with Gasteiger partial charge in [0.15, 0.2) is 5.92 Å². The van der Waals surface area contributed by atoms with E-state index in [1.807, 2.05) is 6.92 Å². The first-order chi connectivity index (χ1) is 7.05. The normalized spacial score (nSPS) is 17.3. The van der Waals surface area contributed by atoms with E-state index in [0.717, 1.165) is 12.8 Å². The molecule has 0 aromatic rings. The van der Waals surface area contributed by atoms with Gasteiger partial charge in [0.1, 0.15) is 0 Å². The van der Waals surface area contributed by atoms with Gasteiger partial charge in [-0.3, -0.25) is 9.59 Å². The predicted molar refractivity (Wildman–Crippen MR) is 54.1 cm³/mol. The van der Waals surface area contributed by atoms with Gasteiger partial charge < -0.3 is 9.47 Å². The molecule has 0 bridgehead atoms. The molecule has 15 heavy (non-hydrogen) atoms. The Balaban J connectivity index is 2.69. The molecule has 4 nitrogen and oxygen atoms in total. The second-order valence-electron chi connectivity index (χ2n) is 4.09. The van der Waals surface area contributed by atoms with Crippen molar-refractivity contribution in [3.8, 4) is 0 Å². The van der Waals surface area contributed by atoms with Crippen molar-refractivity contribution in [3.63, 3.8) is 0 Å². The van der Waals surface area contributed by atoms with Gasteiger partial charge in [-0.25, -0.2) is 0 Å². The summed E-state index contributed by atoms with van der Waals surface area (Å²) in [6.07, 6.45) is 1.77. The Morgan fingerprint density at radius 3 is 1.80 bits per heavy atom. The van der Waals surface area contributed by atoms with Crippen molar-refractivity contribution >= 4 is 11.9 Å². The lowest BCUT2D eigenvalue weighted by molar-refractivity contribution is -0.164. The van der Waals surface area contributed by atoms with Crippen LogP contribution in [0.4, 0.5) is 0 Å². The van der Waals surface area contributed by atoms with Crippen molar-refractivity contribution in [2.75, 3.05) is 13.2 Å². The summed E-state index contributed by atoms with van der Waals surface area (Å²) < 4.78 is 9.80. The third-order valence-corrected chi connectivity index (χ3v) is 2.78. The van der Waals surface area contributed by atoms with Crippen molar-refractivity contribution in [2.45, 2.75) is 33.6 Å². The maximum Gasteiger partial charge on any atom is 0.320 e. The summed E-state index contributed by atoms with van der Waals surface area (Å²) in [6, 6.07) is 0. The second kappa shape index (κ2) is 4.64. The van der Waals surface area contributed by atoms with E-state index >= 15 is 0 Å². The zero-order valence-corrected chi connectivity index (χ0v) is 9.54. The lowest BCUT2D eigenvalue weighted by Gasteiger charge is -2.19. The largest absolute Gasteiger partial charge is 0.465 e. The molecule has 0 aromatic heterocycles. The van der Waals surface area contributed by atoms with Crippen LogP contribution in [-0.4, -0.2) is 25.2 Å². The SMILES string of the molecule is CCOC(=O)C(C(=O)OCC)C1(C)CC1. The molecular weight excluding hydrogens is 196 g/mol. The summed E-state index contributed by atoms with van der Waals surface area (Å²) in [6.45, 7) is 5.98. The average molecular weight is 214 g/mol. The van der Waals surface area contributed by atoms with Crippen LogP contribution < -0.4 is 0 Å². The highest BCUT2D eigenvalue weighted by atomic mass is 16.6. The van der Waals surface area contributed by atoms with Gasteiger partial charge in [-0.05, 0) is 32.1 Å². The molecule has 1 fully saturated rings. The molecule has 0 heterocycles. The quantitative estimate of drug-likeness (QED) is 0.514. The van der Waals surface area contributed by atoms with E-state index < -0.39 is 17.9 Å². The van der Waals surface area contributed by atoms with Crippen LogP contribution in [0.5, 0.6) is 0 Å². The third-order valence-electron chi connectivity index (χ3n) is 2.78. The zero-order chi connectivity index (χ0) is 11.5. The van der Waals surface area contributed by atoms with Crippen molar-refractivity contribution in [1.29, 1.82) is 0 Å². The fourth-order valence-electron chi connectivity index (χ4n) is 1.60. The first-order valence-electron chi connectivity index (χ1n) is 5.38. The lowest BCUT2D eigenvalue weighted by atomic mass is 9.91. The number of hydrogen-bond donors (Lipinski definition) is 0. The smallest absolute Gasteiger partial charge is 0.320 e. The number of hydrogen-bond acceptors (Lipinski definition) is 4. The van der Waals surface area contributed by atoms with Crippen LogP contribution in [0, 0.1) is 11.3 Å². The van der Waals surface area contributed by atoms with E-state index in [0.29, 0.717) is 13.2 Å². The highest BCUT2D eigenvalue weighted by Crippen LogP contribution is 2.52. The fraction of sp³-hybridized carbons (Fsp3) is 0.818. The van der Waals surface area contributed by atoms with Crippen LogP contribution in [0.25, 0.3) is 0 Å².